The Morgan fingerprint density at radius 3 is 3.00 bits per heavy atom. The van der Waals surface area contributed by atoms with Gasteiger partial charge in [-0.2, -0.15) is 0 Å². The van der Waals surface area contributed by atoms with Gasteiger partial charge in [-0.3, -0.25) is 9.89 Å². The minimum absolute atomic E-state index is 0.421. The summed E-state index contributed by atoms with van der Waals surface area (Å²) >= 11 is 7.04. The van der Waals surface area contributed by atoms with Crippen LogP contribution < -0.4 is 0 Å². The maximum atomic E-state index is 11.0. The number of carbonyl (C=O) groups is 1. The lowest BCUT2D eigenvalue weighted by atomic mass is 10.2. The second kappa shape index (κ2) is 6.08. The molecule has 0 aliphatic heterocycles. The number of thioether (sulfide) groups is 1. The van der Waals surface area contributed by atoms with Crippen molar-refractivity contribution in [3.8, 4) is 11.4 Å². The topological polar surface area (TPSA) is 78.9 Å². The van der Waals surface area contributed by atoms with Crippen LogP contribution >= 0.6 is 23.4 Å². The number of H-pyrrole nitrogens is 1. The monoisotopic (exact) mass is 297 g/mol. The number of aliphatic carboxylic acids is 1. The highest BCUT2D eigenvalue weighted by Crippen LogP contribution is 2.25. The van der Waals surface area contributed by atoms with Crippen LogP contribution in [0.15, 0.2) is 29.4 Å². The largest absolute Gasteiger partial charge is 0.480 e. The number of aromatic nitrogens is 3. The zero-order valence-electron chi connectivity index (χ0n) is 10.1. The molecular formula is C12H12ClN3O2S. The molecule has 0 aliphatic carbocycles. The molecule has 0 unspecified atom stereocenters. The fraction of sp³-hybridized carbons (Fsp3) is 0.250. The number of benzene rings is 1. The molecule has 1 aromatic carbocycles. The van der Waals surface area contributed by atoms with Crippen LogP contribution in [0.3, 0.4) is 0 Å². The summed E-state index contributed by atoms with van der Waals surface area (Å²) < 4.78 is 0. The normalized spacial score (nSPS) is 12.3. The van der Waals surface area contributed by atoms with Gasteiger partial charge in [-0.1, -0.05) is 42.4 Å². The third-order valence-electron chi connectivity index (χ3n) is 2.46. The van der Waals surface area contributed by atoms with Crippen LogP contribution in [0, 0.1) is 0 Å². The fourth-order valence-electron chi connectivity index (χ4n) is 1.50. The molecule has 19 heavy (non-hydrogen) atoms. The van der Waals surface area contributed by atoms with Crippen molar-refractivity contribution < 1.29 is 9.90 Å². The predicted molar refractivity (Wildman–Crippen MR) is 74.4 cm³/mol. The van der Waals surface area contributed by atoms with E-state index >= 15 is 0 Å². The van der Waals surface area contributed by atoms with Crippen molar-refractivity contribution in [2.45, 2.75) is 23.8 Å². The quantitative estimate of drug-likeness (QED) is 0.829. The van der Waals surface area contributed by atoms with E-state index in [1.54, 1.807) is 12.1 Å². The highest BCUT2D eigenvalue weighted by Gasteiger charge is 2.19. The number of nitrogens with one attached hydrogen (secondary N) is 1. The van der Waals surface area contributed by atoms with Gasteiger partial charge in [-0.05, 0) is 18.6 Å². The number of carboxylic acid groups (broad SMARTS) is 1. The molecule has 0 aliphatic rings. The molecule has 100 valence electrons. The molecule has 0 saturated carbocycles. The molecule has 7 heteroatoms. The third-order valence-corrected chi connectivity index (χ3v) is 3.90. The third kappa shape index (κ3) is 3.48. The molecule has 2 N–H and O–H groups in total. The van der Waals surface area contributed by atoms with Crippen molar-refractivity contribution in [2.75, 3.05) is 0 Å². The molecule has 0 amide bonds. The van der Waals surface area contributed by atoms with Gasteiger partial charge in [0.2, 0.25) is 5.16 Å². The van der Waals surface area contributed by atoms with Crippen LogP contribution in [-0.4, -0.2) is 31.5 Å². The van der Waals surface area contributed by atoms with E-state index in [-0.39, 0.29) is 0 Å². The molecule has 1 atom stereocenters. The van der Waals surface area contributed by atoms with E-state index in [1.165, 1.54) is 0 Å². The van der Waals surface area contributed by atoms with Crippen molar-refractivity contribution in [2.24, 2.45) is 0 Å². The Labute approximate surface area is 119 Å². The molecule has 2 aromatic rings. The molecule has 5 nitrogen and oxygen atoms in total. The summed E-state index contributed by atoms with van der Waals surface area (Å²) in [5, 5.41) is 16.3. The van der Waals surface area contributed by atoms with Crippen molar-refractivity contribution in [1.29, 1.82) is 0 Å². The van der Waals surface area contributed by atoms with Gasteiger partial charge in [0.25, 0.3) is 0 Å². The Bertz CT molecular complexity index is 588. The summed E-state index contributed by atoms with van der Waals surface area (Å²) in [5.74, 6) is -0.285. The van der Waals surface area contributed by atoms with E-state index < -0.39 is 11.2 Å². The fourth-order valence-corrected chi connectivity index (χ4v) is 2.45. The lowest BCUT2D eigenvalue weighted by Gasteiger charge is -2.04. The van der Waals surface area contributed by atoms with Crippen LogP contribution in [-0.2, 0) is 4.79 Å². The maximum Gasteiger partial charge on any atom is 0.317 e. The second-order valence-corrected chi connectivity index (χ2v) is 5.44. The molecule has 1 aromatic heterocycles. The minimum Gasteiger partial charge on any atom is -0.480 e. The van der Waals surface area contributed by atoms with E-state index in [2.05, 4.69) is 15.2 Å². The van der Waals surface area contributed by atoms with E-state index in [1.807, 2.05) is 19.1 Å². The first-order chi connectivity index (χ1) is 9.10. The van der Waals surface area contributed by atoms with Crippen LogP contribution in [0.5, 0.6) is 0 Å². The van der Waals surface area contributed by atoms with Crippen molar-refractivity contribution >= 4 is 29.3 Å². The van der Waals surface area contributed by atoms with Gasteiger partial charge in [-0.15, -0.1) is 5.10 Å². The highest BCUT2D eigenvalue weighted by atomic mass is 35.5. The Hall–Kier alpha value is -1.53. The Morgan fingerprint density at radius 2 is 2.37 bits per heavy atom. The number of hydrogen-bond acceptors (Lipinski definition) is 4. The van der Waals surface area contributed by atoms with Crippen molar-refractivity contribution in [1.82, 2.24) is 15.2 Å². The smallest absolute Gasteiger partial charge is 0.317 e. The first-order valence-electron chi connectivity index (χ1n) is 5.68. The zero-order valence-corrected chi connectivity index (χ0v) is 11.7. The molecule has 2 rings (SSSR count). The summed E-state index contributed by atoms with van der Waals surface area (Å²) in [6.07, 6.45) is 0.515. The average molecular weight is 298 g/mol. The minimum atomic E-state index is -0.860. The molecule has 1 heterocycles. The Morgan fingerprint density at radius 1 is 1.58 bits per heavy atom. The van der Waals surface area contributed by atoms with E-state index in [0.29, 0.717) is 22.4 Å². The Kier molecular flexibility index (Phi) is 4.44. The van der Waals surface area contributed by atoms with E-state index in [4.69, 9.17) is 16.7 Å². The maximum absolute atomic E-state index is 11.0. The molecule has 0 bridgehead atoms. The molecule has 0 radical (unpaired) electrons. The van der Waals surface area contributed by atoms with Crippen LogP contribution in [0.2, 0.25) is 5.02 Å². The number of halogens is 1. The zero-order chi connectivity index (χ0) is 13.8. The summed E-state index contributed by atoms with van der Waals surface area (Å²) in [6.45, 7) is 1.82. The highest BCUT2D eigenvalue weighted by molar-refractivity contribution is 8.00. The number of hydrogen-bond donors (Lipinski definition) is 2. The van der Waals surface area contributed by atoms with E-state index in [0.717, 1.165) is 17.3 Å². The van der Waals surface area contributed by atoms with Gasteiger partial charge in [-0.25, -0.2) is 4.98 Å². The van der Waals surface area contributed by atoms with Crippen LogP contribution in [0.1, 0.15) is 13.3 Å². The van der Waals surface area contributed by atoms with Crippen LogP contribution in [0.25, 0.3) is 11.4 Å². The molecule has 0 saturated heterocycles. The SMILES string of the molecule is CC[C@H](Sc1n[nH]c(-c2cccc(Cl)c2)n1)C(=O)O. The molecular weight excluding hydrogens is 286 g/mol. The second-order valence-electron chi connectivity index (χ2n) is 3.83. The first kappa shape index (κ1) is 13.9. The van der Waals surface area contributed by atoms with Crippen molar-refractivity contribution in [3.63, 3.8) is 0 Å². The van der Waals surface area contributed by atoms with Crippen LogP contribution in [0.4, 0.5) is 0 Å². The Balaban J connectivity index is 2.17. The van der Waals surface area contributed by atoms with Gasteiger partial charge in [0, 0.05) is 10.6 Å². The van der Waals surface area contributed by atoms with Gasteiger partial charge >= 0.3 is 5.97 Å². The standard InChI is InChI=1S/C12H12ClN3O2S/c1-2-9(11(17)18)19-12-14-10(15-16-12)7-4-3-5-8(13)6-7/h3-6,9H,2H2,1H3,(H,17,18)(H,14,15,16)/t9-/m0/s1. The van der Waals surface area contributed by atoms with Gasteiger partial charge in [0.05, 0.1) is 0 Å². The summed E-state index contributed by atoms with van der Waals surface area (Å²) in [6, 6.07) is 7.22. The van der Waals surface area contributed by atoms with E-state index in [9.17, 15) is 4.79 Å². The number of rotatable bonds is 5. The number of aromatic amines is 1. The van der Waals surface area contributed by atoms with Gasteiger partial charge < -0.3 is 5.11 Å². The summed E-state index contributed by atoms with van der Waals surface area (Å²) in [5.41, 5.74) is 0.815. The lowest BCUT2D eigenvalue weighted by molar-refractivity contribution is -0.136. The summed E-state index contributed by atoms with van der Waals surface area (Å²) in [7, 11) is 0. The predicted octanol–water partition coefficient (Wildman–Crippen LogP) is 3.08. The number of carboxylic acids is 1. The number of nitrogens with zero attached hydrogens (tertiary/aromatic N) is 2. The lowest BCUT2D eigenvalue weighted by Crippen LogP contribution is -2.14. The van der Waals surface area contributed by atoms with Gasteiger partial charge in [0.15, 0.2) is 5.82 Å². The van der Waals surface area contributed by atoms with Crippen molar-refractivity contribution in [3.05, 3.63) is 29.3 Å². The van der Waals surface area contributed by atoms with Gasteiger partial charge in [0.1, 0.15) is 5.25 Å². The molecule has 0 spiro atoms. The first-order valence-corrected chi connectivity index (χ1v) is 6.93. The summed E-state index contributed by atoms with van der Waals surface area (Å²) in [4.78, 5) is 15.2. The average Bonchev–Trinajstić information content (AvgIpc) is 2.84. The molecule has 0 fully saturated rings.